The van der Waals surface area contributed by atoms with E-state index in [4.69, 9.17) is 4.74 Å². The molecule has 0 saturated heterocycles. The van der Waals surface area contributed by atoms with Crippen molar-refractivity contribution in [3.8, 4) is 17.2 Å². The number of hydrogen-bond donors (Lipinski definition) is 3. The minimum Gasteiger partial charge on any atom is -0.506 e. The van der Waals surface area contributed by atoms with E-state index in [1.54, 1.807) is 0 Å². The Hall–Kier alpha value is -5.24. The van der Waals surface area contributed by atoms with Gasteiger partial charge in [0.2, 0.25) is 0 Å². The number of nitrogens with one attached hydrogen (secondary N) is 1. The Morgan fingerprint density at radius 1 is 0.614 bits per heavy atom. The maximum absolute atomic E-state index is 11.1. The second kappa shape index (κ2) is 13.0. The quantitative estimate of drug-likeness (QED) is 0.120. The van der Waals surface area contributed by atoms with Crippen LogP contribution in [-0.4, -0.2) is 17.3 Å². The number of phenolic OH excluding ortho intramolecular Hbond substituents is 2. The van der Waals surface area contributed by atoms with E-state index in [0.717, 1.165) is 38.7 Å². The summed E-state index contributed by atoms with van der Waals surface area (Å²) < 4.78 is 5.51. The van der Waals surface area contributed by atoms with Gasteiger partial charge in [-0.2, -0.15) is 5.11 Å². The van der Waals surface area contributed by atoms with Gasteiger partial charge in [0.15, 0.2) is 5.75 Å². The molecule has 6 aromatic carbocycles. The summed E-state index contributed by atoms with van der Waals surface area (Å²) in [6.07, 6.45) is 0. The molecule has 0 fully saturated rings. The molecule has 9 heteroatoms. The van der Waals surface area contributed by atoms with Crippen LogP contribution in [-0.2, 0) is 17.1 Å². The zero-order valence-electron chi connectivity index (χ0n) is 24.2. The second-order valence-electron chi connectivity index (χ2n) is 10.2. The number of azo groups is 2. The smallest absolute Gasteiger partial charge is 0.151 e. The Bertz CT molecular complexity index is 2050. The van der Waals surface area contributed by atoms with E-state index in [0.29, 0.717) is 28.2 Å². The summed E-state index contributed by atoms with van der Waals surface area (Å²) in [6.45, 7) is 3.90. The van der Waals surface area contributed by atoms with Gasteiger partial charge in [0.1, 0.15) is 28.6 Å². The monoisotopic (exact) mass is 630 g/mol. The number of fused-ring (bicyclic) bond motifs is 2. The van der Waals surface area contributed by atoms with E-state index in [1.165, 1.54) is 19.2 Å². The largest absolute Gasteiger partial charge is 0.506 e. The number of anilines is 2. The molecule has 44 heavy (non-hydrogen) atoms. The van der Waals surface area contributed by atoms with Crippen LogP contribution in [0.25, 0.3) is 21.5 Å². The second-order valence-corrected chi connectivity index (χ2v) is 10.2. The normalized spacial score (nSPS) is 11.3. The van der Waals surface area contributed by atoms with Crippen LogP contribution in [0.1, 0.15) is 11.1 Å². The molecule has 1 radical (unpaired) electrons. The molecule has 0 saturated carbocycles. The van der Waals surface area contributed by atoms with Crippen LogP contribution in [0.15, 0.2) is 124 Å². The molecular weight excluding hydrogens is 602 g/mol. The SMILES string of the molecule is COc1cc(N=Nc2c(C)cc3cc(Nc4ccccc4)ccc3c2O)c(O)cc1N=Nc1ccc2cccc(C)c2c1.[Cu]. The number of methoxy groups -OCH3 is 1. The molecule has 6 aromatic rings. The summed E-state index contributed by atoms with van der Waals surface area (Å²) in [5, 5.41) is 46.1. The van der Waals surface area contributed by atoms with Gasteiger partial charge in [-0.15, -0.1) is 15.3 Å². The van der Waals surface area contributed by atoms with Crippen LogP contribution in [0.3, 0.4) is 0 Å². The number of ether oxygens (including phenoxy) is 1. The number of rotatable bonds is 7. The Morgan fingerprint density at radius 3 is 2.20 bits per heavy atom. The maximum Gasteiger partial charge on any atom is 0.151 e. The third-order valence-corrected chi connectivity index (χ3v) is 7.23. The van der Waals surface area contributed by atoms with Crippen LogP contribution in [0.2, 0.25) is 0 Å². The molecule has 0 aliphatic heterocycles. The van der Waals surface area contributed by atoms with E-state index in [2.05, 4.69) is 44.8 Å². The molecule has 0 aliphatic rings. The number of nitrogens with zero attached hydrogens (tertiary/aromatic N) is 4. The van der Waals surface area contributed by atoms with Crippen molar-refractivity contribution in [2.75, 3.05) is 12.4 Å². The van der Waals surface area contributed by atoms with Gasteiger partial charge >= 0.3 is 0 Å². The number of aryl methyl sites for hydroxylation is 2. The number of benzene rings is 6. The Morgan fingerprint density at radius 2 is 1.41 bits per heavy atom. The molecule has 0 aliphatic carbocycles. The summed E-state index contributed by atoms with van der Waals surface area (Å²) in [5.74, 6) is 0.222. The van der Waals surface area contributed by atoms with Crippen molar-refractivity contribution in [1.29, 1.82) is 0 Å². The van der Waals surface area contributed by atoms with Crippen molar-refractivity contribution >= 4 is 55.7 Å². The topological polar surface area (TPSA) is 111 Å². The van der Waals surface area contributed by atoms with Crippen molar-refractivity contribution in [3.05, 3.63) is 114 Å². The molecule has 0 heterocycles. The standard InChI is InChI=1S/C35H29N5O3.Cu/c1-21-8-7-9-23-12-13-27(18-29(21)23)37-39-31-19-32(41)30(20-33(31)43-3)38-40-34-22(2)16-24-17-26(14-15-28(24)35(34)42)36-25-10-5-4-6-11-25;/h4-20,36,41-42H,1-3H3;. The first-order chi connectivity index (χ1) is 20.9. The molecular formula is C35H29CuN5O3. The number of phenols is 2. The maximum atomic E-state index is 11.1. The summed E-state index contributed by atoms with van der Waals surface area (Å²) in [7, 11) is 1.51. The fraction of sp³-hybridized carbons (Fsp3) is 0.0857. The summed E-state index contributed by atoms with van der Waals surface area (Å²) >= 11 is 0. The first-order valence-electron chi connectivity index (χ1n) is 13.7. The van der Waals surface area contributed by atoms with E-state index >= 15 is 0 Å². The van der Waals surface area contributed by atoms with Crippen molar-refractivity contribution in [2.45, 2.75) is 13.8 Å². The van der Waals surface area contributed by atoms with Gasteiger partial charge < -0.3 is 20.3 Å². The average Bonchev–Trinajstić information content (AvgIpc) is 3.01. The van der Waals surface area contributed by atoms with Crippen molar-refractivity contribution in [3.63, 3.8) is 0 Å². The van der Waals surface area contributed by atoms with E-state index in [9.17, 15) is 10.2 Å². The molecule has 0 amide bonds. The van der Waals surface area contributed by atoms with Gasteiger partial charge in [-0.3, -0.25) is 0 Å². The molecule has 0 spiro atoms. The van der Waals surface area contributed by atoms with Crippen LogP contribution in [0.4, 0.5) is 34.1 Å². The van der Waals surface area contributed by atoms with Crippen molar-refractivity contribution < 1.29 is 32.0 Å². The zero-order valence-corrected chi connectivity index (χ0v) is 25.1. The number of para-hydroxylation sites is 1. The minimum atomic E-state index is -0.151. The van der Waals surface area contributed by atoms with Crippen molar-refractivity contribution in [2.24, 2.45) is 20.5 Å². The van der Waals surface area contributed by atoms with Crippen LogP contribution >= 0.6 is 0 Å². The molecule has 0 aromatic heterocycles. The van der Waals surface area contributed by atoms with Gasteiger partial charge in [-0.25, -0.2) is 0 Å². The third-order valence-electron chi connectivity index (χ3n) is 7.23. The molecule has 0 bridgehead atoms. The average molecular weight is 631 g/mol. The van der Waals surface area contributed by atoms with Gasteiger partial charge in [0.25, 0.3) is 0 Å². The molecule has 6 rings (SSSR count). The minimum absolute atomic E-state index is 0. The molecule has 0 atom stereocenters. The predicted octanol–water partition coefficient (Wildman–Crippen LogP) is 10.6. The number of hydrogen-bond acceptors (Lipinski definition) is 8. The fourth-order valence-electron chi connectivity index (χ4n) is 4.97. The zero-order chi connectivity index (χ0) is 29.9. The van der Waals surface area contributed by atoms with E-state index in [-0.39, 0.29) is 34.3 Å². The molecule has 0 unspecified atom stereocenters. The van der Waals surface area contributed by atoms with Gasteiger partial charge in [-0.05, 0) is 89.7 Å². The first kappa shape index (κ1) is 30.2. The van der Waals surface area contributed by atoms with E-state index in [1.807, 2.05) is 85.8 Å². The first-order valence-corrected chi connectivity index (χ1v) is 13.7. The Labute approximate surface area is 265 Å². The fourth-order valence-corrected chi connectivity index (χ4v) is 4.97. The predicted molar refractivity (Wildman–Crippen MR) is 172 cm³/mol. The molecule has 8 nitrogen and oxygen atoms in total. The van der Waals surface area contributed by atoms with Crippen LogP contribution in [0, 0.1) is 13.8 Å². The van der Waals surface area contributed by atoms with Crippen LogP contribution < -0.4 is 10.1 Å². The summed E-state index contributed by atoms with van der Waals surface area (Å²) in [5.41, 5.74) is 5.25. The number of aromatic hydroxyl groups is 2. The van der Waals surface area contributed by atoms with Crippen molar-refractivity contribution in [1.82, 2.24) is 0 Å². The summed E-state index contributed by atoms with van der Waals surface area (Å²) in [4.78, 5) is 0. The van der Waals surface area contributed by atoms with Crippen LogP contribution in [0.5, 0.6) is 17.2 Å². The molecule has 223 valence electrons. The van der Waals surface area contributed by atoms with Gasteiger partial charge in [-0.1, -0.05) is 42.5 Å². The van der Waals surface area contributed by atoms with E-state index < -0.39 is 0 Å². The van der Waals surface area contributed by atoms with Gasteiger partial charge in [0.05, 0.1) is 12.8 Å². The Balaban J connectivity index is 0.00000384. The Kier molecular flexibility index (Phi) is 8.90. The molecule has 3 N–H and O–H groups in total. The van der Waals surface area contributed by atoms with Gasteiger partial charge in [0, 0.05) is 46.0 Å². The third kappa shape index (κ3) is 6.24. The summed E-state index contributed by atoms with van der Waals surface area (Å²) in [6, 6.07) is 32.5.